The summed E-state index contributed by atoms with van der Waals surface area (Å²) in [6.07, 6.45) is 2.02. The number of aromatic nitrogens is 1. The monoisotopic (exact) mass is 362 g/mol. The highest BCUT2D eigenvalue weighted by Gasteiger charge is 2.25. The van der Waals surface area contributed by atoms with Crippen LogP contribution in [0.2, 0.25) is 0 Å². The van der Waals surface area contributed by atoms with Crippen LogP contribution in [0.5, 0.6) is 0 Å². The molecule has 1 unspecified atom stereocenters. The summed E-state index contributed by atoms with van der Waals surface area (Å²) in [4.78, 5) is 30.5. The van der Waals surface area contributed by atoms with Crippen molar-refractivity contribution < 1.29 is 14.0 Å². The number of anilines is 2. The maximum Gasteiger partial charge on any atom is 0.271 e. The lowest BCUT2D eigenvalue weighted by Gasteiger charge is -2.20. The normalized spacial score (nSPS) is 15.0. The molecule has 1 aliphatic heterocycles. The predicted octanol–water partition coefficient (Wildman–Crippen LogP) is 2.77. The summed E-state index contributed by atoms with van der Waals surface area (Å²) < 4.78 is 12.9. The lowest BCUT2D eigenvalue weighted by Crippen LogP contribution is -2.46. The van der Waals surface area contributed by atoms with E-state index < -0.39 is 6.04 Å². The molecule has 2 amide bonds. The van der Waals surface area contributed by atoms with Gasteiger partial charge in [-0.05, 0) is 44.0 Å². The predicted molar refractivity (Wildman–Crippen MR) is 94.5 cm³/mol. The number of carbonyl (C=O) groups is 2. The van der Waals surface area contributed by atoms with Crippen LogP contribution >= 0.6 is 11.3 Å². The van der Waals surface area contributed by atoms with Crippen LogP contribution in [0.25, 0.3) is 0 Å². The van der Waals surface area contributed by atoms with E-state index in [0.717, 1.165) is 25.9 Å². The van der Waals surface area contributed by atoms with Crippen molar-refractivity contribution in [2.24, 2.45) is 0 Å². The van der Waals surface area contributed by atoms with Crippen molar-refractivity contribution in [3.63, 3.8) is 0 Å². The Hall–Kier alpha value is -2.48. The number of thiazole rings is 1. The minimum absolute atomic E-state index is 0.0641. The van der Waals surface area contributed by atoms with Crippen molar-refractivity contribution in [3.8, 4) is 0 Å². The average Bonchev–Trinajstić information content (AvgIpc) is 3.28. The molecule has 1 aromatic heterocycles. The molecule has 6 nitrogen and oxygen atoms in total. The molecule has 0 bridgehead atoms. The number of halogens is 1. The first kappa shape index (κ1) is 17.3. The van der Waals surface area contributed by atoms with Gasteiger partial charge in [-0.3, -0.25) is 9.59 Å². The molecule has 0 saturated carbocycles. The van der Waals surface area contributed by atoms with E-state index in [-0.39, 0.29) is 23.3 Å². The van der Waals surface area contributed by atoms with Gasteiger partial charge >= 0.3 is 0 Å². The van der Waals surface area contributed by atoms with Gasteiger partial charge in [-0.1, -0.05) is 0 Å². The van der Waals surface area contributed by atoms with Crippen molar-refractivity contribution in [1.82, 2.24) is 15.2 Å². The van der Waals surface area contributed by atoms with Crippen LogP contribution in [0.15, 0.2) is 29.6 Å². The topological polar surface area (TPSA) is 74.3 Å². The number of hydrogen-bond donors (Lipinski definition) is 2. The molecule has 0 aliphatic carbocycles. The molecule has 1 saturated heterocycles. The third-order valence-electron chi connectivity index (χ3n) is 3.97. The Morgan fingerprint density at radius 3 is 2.60 bits per heavy atom. The van der Waals surface area contributed by atoms with Crippen LogP contribution in [-0.4, -0.2) is 40.8 Å². The zero-order valence-corrected chi connectivity index (χ0v) is 14.6. The second-order valence-electron chi connectivity index (χ2n) is 5.90. The Morgan fingerprint density at radius 1 is 1.24 bits per heavy atom. The van der Waals surface area contributed by atoms with Gasteiger partial charge in [0.2, 0.25) is 5.91 Å². The number of hydrogen-bond acceptors (Lipinski definition) is 5. The number of likely N-dealkylation sites (tertiary alicyclic amines) is 1. The summed E-state index contributed by atoms with van der Waals surface area (Å²) in [5.74, 6) is -0.768. The molecule has 1 atom stereocenters. The summed E-state index contributed by atoms with van der Waals surface area (Å²) in [6.45, 7) is 3.19. The molecule has 1 aliphatic rings. The maximum atomic E-state index is 12.9. The van der Waals surface area contributed by atoms with Crippen LogP contribution in [0.4, 0.5) is 15.2 Å². The van der Waals surface area contributed by atoms with E-state index in [2.05, 4.69) is 15.6 Å². The lowest BCUT2D eigenvalue weighted by molar-refractivity contribution is -0.131. The largest absolute Gasteiger partial charge is 0.341 e. The number of nitrogens with zero attached hydrogens (tertiary/aromatic N) is 2. The van der Waals surface area contributed by atoms with Gasteiger partial charge in [0.25, 0.3) is 5.91 Å². The Morgan fingerprint density at radius 2 is 1.92 bits per heavy atom. The maximum absolute atomic E-state index is 12.9. The summed E-state index contributed by atoms with van der Waals surface area (Å²) >= 11 is 1.27. The summed E-state index contributed by atoms with van der Waals surface area (Å²) in [7, 11) is 0. The number of rotatable bonds is 5. The van der Waals surface area contributed by atoms with E-state index >= 15 is 0 Å². The Balaban J connectivity index is 1.58. The second kappa shape index (κ2) is 7.60. The van der Waals surface area contributed by atoms with Gasteiger partial charge in [-0.15, -0.1) is 11.3 Å². The zero-order chi connectivity index (χ0) is 17.8. The van der Waals surface area contributed by atoms with Crippen LogP contribution in [0.3, 0.4) is 0 Å². The standard InChI is InChI=1S/C17H19FN4O2S/c1-11(16(24)22-8-2-3-9-22)19-15(23)14-10-25-17(21-14)20-13-6-4-12(18)5-7-13/h4-7,10-11H,2-3,8-9H2,1H3,(H,19,23)(H,20,21). The van der Waals surface area contributed by atoms with Gasteiger partial charge in [-0.25, -0.2) is 9.37 Å². The fraction of sp³-hybridized carbons (Fsp3) is 0.353. The Bertz CT molecular complexity index is 756. The van der Waals surface area contributed by atoms with E-state index in [4.69, 9.17) is 0 Å². The first-order valence-corrected chi connectivity index (χ1v) is 8.98. The van der Waals surface area contributed by atoms with Gasteiger partial charge in [-0.2, -0.15) is 0 Å². The van der Waals surface area contributed by atoms with E-state index in [1.54, 1.807) is 29.3 Å². The number of carbonyl (C=O) groups excluding carboxylic acids is 2. The van der Waals surface area contributed by atoms with Crippen molar-refractivity contribution in [2.75, 3.05) is 18.4 Å². The molecule has 25 heavy (non-hydrogen) atoms. The summed E-state index contributed by atoms with van der Waals surface area (Å²) in [6, 6.07) is 5.28. The van der Waals surface area contributed by atoms with Gasteiger partial charge in [0, 0.05) is 24.2 Å². The molecular formula is C17H19FN4O2S. The molecule has 2 heterocycles. The van der Waals surface area contributed by atoms with E-state index in [1.165, 1.54) is 23.5 Å². The Kier molecular flexibility index (Phi) is 5.28. The van der Waals surface area contributed by atoms with Crippen molar-refractivity contribution in [2.45, 2.75) is 25.8 Å². The molecular weight excluding hydrogens is 343 g/mol. The molecule has 132 valence electrons. The van der Waals surface area contributed by atoms with E-state index in [1.807, 2.05) is 0 Å². The molecule has 2 N–H and O–H groups in total. The van der Waals surface area contributed by atoms with Gasteiger partial charge < -0.3 is 15.5 Å². The SMILES string of the molecule is CC(NC(=O)c1csc(Nc2ccc(F)cc2)n1)C(=O)N1CCCC1. The van der Waals surface area contributed by atoms with Crippen LogP contribution < -0.4 is 10.6 Å². The van der Waals surface area contributed by atoms with E-state index in [9.17, 15) is 14.0 Å². The molecule has 1 aromatic carbocycles. The second-order valence-corrected chi connectivity index (χ2v) is 6.76. The van der Waals surface area contributed by atoms with E-state index in [0.29, 0.717) is 10.8 Å². The molecule has 0 radical (unpaired) electrons. The third-order valence-corrected chi connectivity index (χ3v) is 4.73. The minimum atomic E-state index is -0.583. The van der Waals surface area contributed by atoms with Crippen LogP contribution in [0, 0.1) is 5.82 Å². The van der Waals surface area contributed by atoms with Gasteiger partial charge in [0.1, 0.15) is 17.6 Å². The van der Waals surface area contributed by atoms with Crippen molar-refractivity contribution in [3.05, 3.63) is 41.2 Å². The van der Waals surface area contributed by atoms with Crippen LogP contribution in [-0.2, 0) is 4.79 Å². The molecule has 8 heteroatoms. The molecule has 2 aromatic rings. The van der Waals surface area contributed by atoms with Gasteiger partial charge in [0.05, 0.1) is 0 Å². The first-order valence-electron chi connectivity index (χ1n) is 8.11. The highest BCUT2D eigenvalue weighted by molar-refractivity contribution is 7.14. The number of benzene rings is 1. The summed E-state index contributed by atoms with van der Waals surface area (Å²) in [5.41, 5.74) is 0.927. The van der Waals surface area contributed by atoms with Crippen LogP contribution in [0.1, 0.15) is 30.3 Å². The zero-order valence-electron chi connectivity index (χ0n) is 13.8. The Labute approximate surface area is 149 Å². The third kappa shape index (κ3) is 4.33. The number of nitrogens with one attached hydrogen (secondary N) is 2. The van der Waals surface area contributed by atoms with Crippen molar-refractivity contribution >= 4 is 34.0 Å². The molecule has 0 spiro atoms. The van der Waals surface area contributed by atoms with Crippen molar-refractivity contribution in [1.29, 1.82) is 0 Å². The molecule has 3 rings (SSSR count). The first-order chi connectivity index (χ1) is 12.0. The molecule has 1 fully saturated rings. The fourth-order valence-electron chi connectivity index (χ4n) is 2.64. The highest BCUT2D eigenvalue weighted by Crippen LogP contribution is 2.21. The lowest BCUT2D eigenvalue weighted by atomic mass is 10.2. The quantitative estimate of drug-likeness (QED) is 0.858. The highest BCUT2D eigenvalue weighted by atomic mass is 32.1. The summed E-state index contributed by atoms with van der Waals surface area (Å²) in [5, 5.41) is 7.85. The number of amides is 2. The van der Waals surface area contributed by atoms with Gasteiger partial charge in [0.15, 0.2) is 5.13 Å². The fourth-order valence-corrected chi connectivity index (χ4v) is 3.35. The average molecular weight is 362 g/mol. The smallest absolute Gasteiger partial charge is 0.271 e. The minimum Gasteiger partial charge on any atom is -0.341 e.